The minimum absolute atomic E-state index is 0.536. The maximum atomic E-state index is 5.57. The van der Waals surface area contributed by atoms with Crippen molar-refractivity contribution in [2.45, 2.75) is 6.42 Å². The first-order valence-corrected chi connectivity index (χ1v) is 6.93. The number of benzene rings is 1. The van der Waals surface area contributed by atoms with E-state index in [-0.39, 0.29) is 0 Å². The molecule has 1 rings (SSSR count). The van der Waals surface area contributed by atoms with Gasteiger partial charge in [0.2, 0.25) is 0 Å². The number of rotatable bonds is 12. The van der Waals surface area contributed by atoms with Gasteiger partial charge >= 0.3 is 0 Å². The Balaban J connectivity index is 1.98. The van der Waals surface area contributed by atoms with Crippen LogP contribution >= 0.6 is 0 Å². The van der Waals surface area contributed by atoms with Crippen molar-refractivity contribution in [1.82, 2.24) is 0 Å². The molecule has 5 nitrogen and oxygen atoms in total. The highest BCUT2D eigenvalue weighted by molar-refractivity contribution is 5.27. The van der Waals surface area contributed by atoms with E-state index in [0.29, 0.717) is 46.2 Å². The zero-order valence-corrected chi connectivity index (χ0v) is 12.2. The molecule has 0 aliphatic carbocycles. The number of hydrogen-bond acceptors (Lipinski definition) is 5. The Morgan fingerprint density at radius 1 is 0.850 bits per heavy atom. The van der Waals surface area contributed by atoms with Gasteiger partial charge < -0.3 is 24.7 Å². The van der Waals surface area contributed by atoms with Gasteiger partial charge in [-0.3, -0.25) is 0 Å². The molecule has 0 aromatic heterocycles. The lowest BCUT2D eigenvalue weighted by Crippen LogP contribution is -2.12. The molecule has 0 aliphatic rings. The average Bonchev–Trinajstić information content (AvgIpc) is 2.47. The zero-order valence-electron chi connectivity index (χ0n) is 12.2. The third kappa shape index (κ3) is 8.12. The van der Waals surface area contributed by atoms with Gasteiger partial charge in [0.25, 0.3) is 0 Å². The van der Waals surface area contributed by atoms with Crippen LogP contribution in [-0.2, 0) is 20.6 Å². The molecular weight excluding hydrogens is 258 g/mol. The summed E-state index contributed by atoms with van der Waals surface area (Å²) in [6.45, 7) is 4.13. The van der Waals surface area contributed by atoms with Gasteiger partial charge in [0.05, 0.1) is 33.0 Å². The largest absolute Gasteiger partial charge is 0.491 e. The molecule has 0 atom stereocenters. The quantitative estimate of drug-likeness (QED) is 0.585. The predicted octanol–water partition coefficient (Wildman–Crippen LogP) is 1.25. The molecule has 0 heterocycles. The maximum Gasteiger partial charge on any atom is 0.119 e. The molecule has 0 saturated heterocycles. The van der Waals surface area contributed by atoms with E-state index in [9.17, 15) is 0 Å². The summed E-state index contributed by atoms with van der Waals surface area (Å²) in [6.07, 6.45) is 0.895. The van der Waals surface area contributed by atoms with Crippen molar-refractivity contribution in [2.75, 3.05) is 53.3 Å². The van der Waals surface area contributed by atoms with Crippen LogP contribution < -0.4 is 10.5 Å². The number of ether oxygens (including phenoxy) is 4. The molecule has 0 spiro atoms. The van der Waals surface area contributed by atoms with E-state index < -0.39 is 0 Å². The van der Waals surface area contributed by atoms with Gasteiger partial charge in [-0.2, -0.15) is 0 Å². The van der Waals surface area contributed by atoms with Crippen LogP contribution in [0.5, 0.6) is 5.75 Å². The summed E-state index contributed by atoms with van der Waals surface area (Å²) in [5.41, 5.74) is 6.72. The molecule has 0 saturated carbocycles. The second-order valence-corrected chi connectivity index (χ2v) is 4.25. The molecule has 1 aromatic carbocycles. The highest BCUT2D eigenvalue weighted by Crippen LogP contribution is 2.12. The summed E-state index contributed by atoms with van der Waals surface area (Å²) in [7, 11) is 1.65. The van der Waals surface area contributed by atoms with E-state index in [2.05, 4.69) is 0 Å². The van der Waals surface area contributed by atoms with Crippen molar-refractivity contribution >= 4 is 0 Å². The SMILES string of the molecule is COCCOCCOCCOc1ccc(CCN)cc1. The molecule has 114 valence electrons. The van der Waals surface area contributed by atoms with Crippen molar-refractivity contribution in [2.24, 2.45) is 5.73 Å². The number of nitrogens with two attached hydrogens (primary N) is 1. The number of hydrogen-bond donors (Lipinski definition) is 1. The van der Waals surface area contributed by atoms with E-state index in [4.69, 9.17) is 24.7 Å². The fourth-order valence-electron chi connectivity index (χ4n) is 1.60. The lowest BCUT2D eigenvalue weighted by atomic mass is 10.1. The monoisotopic (exact) mass is 283 g/mol. The Morgan fingerprint density at radius 3 is 2.05 bits per heavy atom. The molecule has 20 heavy (non-hydrogen) atoms. The topological polar surface area (TPSA) is 62.9 Å². The van der Waals surface area contributed by atoms with Crippen molar-refractivity contribution in [3.63, 3.8) is 0 Å². The van der Waals surface area contributed by atoms with E-state index in [1.807, 2.05) is 24.3 Å². The molecule has 0 aliphatic heterocycles. The van der Waals surface area contributed by atoms with E-state index in [1.165, 1.54) is 5.56 Å². The second kappa shape index (κ2) is 11.7. The van der Waals surface area contributed by atoms with Crippen LogP contribution in [-0.4, -0.2) is 53.3 Å². The molecule has 0 radical (unpaired) electrons. The molecule has 1 aromatic rings. The fourth-order valence-corrected chi connectivity index (χ4v) is 1.60. The van der Waals surface area contributed by atoms with Crippen LogP contribution in [0.1, 0.15) is 5.56 Å². The lowest BCUT2D eigenvalue weighted by molar-refractivity contribution is 0.0180. The normalized spacial score (nSPS) is 10.7. The zero-order chi connectivity index (χ0) is 14.5. The molecule has 0 amide bonds. The van der Waals surface area contributed by atoms with Crippen molar-refractivity contribution in [1.29, 1.82) is 0 Å². The maximum absolute atomic E-state index is 5.57. The van der Waals surface area contributed by atoms with Crippen LogP contribution in [0.15, 0.2) is 24.3 Å². The average molecular weight is 283 g/mol. The van der Waals surface area contributed by atoms with Gasteiger partial charge in [0.1, 0.15) is 12.4 Å². The Kier molecular flexibility index (Phi) is 9.87. The van der Waals surface area contributed by atoms with Crippen molar-refractivity contribution in [3.8, 4) is 5.75 Å². The van der Waals surface area contributed by atoms with Gasteiger partial charge in [-0.05, 0) is 30.7 Å². The van der Waals surface area contributed by atoms with Gasteiger partial charge in [0, 0.05) is 7.11 Å². The fraction of sp³-hybridized carbons (Fsp3) is 0.600. The molecular formula is C15H25NO4. The van der Waals surface area contributed by atoms with Crippen LogP contribution in [0.3, 0.4) is 0 Å². The summed E-state index contributed by atoms with van der Waals surface area (Å²) in [5, 5.41) is 0. The highest BCUT2D eigenvalue weighted by Gasteiger charge is 1.96. The molecule has 0 unspecified atom stereocenters. The lowest BCUT2D eigenvalue weighted by Gasteiger charge is -2.08. The van der Waals surface area contributed by atoms with Crippen LogP contribution in [0.4, 0.5) is 0 Å². The number of methoxy groups -OCH3 is 1. The third-order valence-electron chi connectivity index (χ3n) is 2.66. The summed E-state index contributed by atoms with van der Waals surface area (Å²) < 4.78 is 21.1. The third-order valence-corrected chi connectivity index (χ3v) is 2.66. The van der Waals surface area contributed by atoms with Gasteiger partial charge in [-0.25, -0.2) is 0 Å². The summed E-state index contributed by atoms with van der Waals surface area (Å²) in [5.74, 6) is 0.853. The van der Waals surface area contributed by atoms with Crippen LogP contribution in [0, 0.1) is 0 Å². The standard InChI is InChI=1S/C15H25NO4/c1-17-8-9-18-10-11-19-12-13-20-15-4-2-14(3-5-15)6-7-16/h2-5H,6-13,16H2,1H3. The van der Waals surface area contributed by atoms with Gasteiger partial charge in [0.15, 0.2) is 0 Å². The molecule has 0 fully saturated rings. The first-order valence-electron chi connectivity index (χ1n) is 6.93. The van der Waals surface area contributed by atoms with E-state index in [0.717, 1.165) is 12.2 Å². The van der Waals surface area contributed by atoms with Crippen LogP contribution in [0.2, 0.25) is 0 Å². The smallest absolute Gasteiger partial charge is 0.119 e. The summed E-state index contributed by atoms with van der Waals surface area (Å²) in [4.78, 5) is 0. The Bertz CT molecular complexity index is 329. The molecule has 5 heteroatoms. The summed E-state index contributed by atoms with van der Waals surface area (Å²) in [6, 6.07) is 7.98. The van der Waals surface area contributed by atoms with E-state index in [1.54, 1.807) is 7.11 Å². The Labute approximate surface area is 121 Å². The summed E-state index contributed by atoms with van der Waals surface area (Å²) >= 11 is 0. The van der Waals surface area contributed by atoms with Crippen molar-refractivity contribution in [3.05, 3.63) is 29.8 Å². The first kappa shape index (κ1) is 16.9. The second-order valence-electron chi connectivity index (χ2n) is 4.25. The molecule has 2 N–H and O–H groups in total. The molecule has 0 bridgehead atoms. The Morgan fingerprint density at radius 2 is 1.45 bits per heavy atom. The van der Waals surface area contributed by atoms with Gasteiger partial charge in [-0.15, -0.1) is 0 Å². The Hall–Kier alpha value is -1.14. The van der Waals surface area contributed by atoms with E-state index >= 15 is 0 Å². The highest BCUT2D eigenvalue weighted by atomic mass is 16.6. The minimum atomic E-state index is 0.536. The minimum Gasteiger partial charge on any atom is -0.491 e. The predicted molar refractivity (Wildman–Crippen MR) is 78.2 cm³/mol. The van der Waals surface area contributed by atoms with Crippen LogP contribution in [0.25, 0.3) is 0 Å². The van der Waals surface area contributed by atoms with Gasteiger partial charge in [-0.1, -0.05) is 12.1 Å². The van der Waals surface area contributed by atoms with Crippen molar-refractivity contribution < 1.29 is 18.9 Å². The first-order chi connectivity index (χ1) is 9.86.